The lowest BCUT2D eigenvalue weighted by Crippen LogP contribution is -2.48. The van der Waals surface area contributed by atoms with Gasteiger partial charge in [0.2, 0.25) is 5.91 Å². The van der Waals surface area contributed by atoms with Crippen LogP contribution in [0.15, 0.2) is 0 Å². The minimum Gasteiger partial charge on any atom is -0.341 e. The van der Waals surface area contributed by atoms with Crippen molar-refractivity contribution in [3.05, 3.63) is 0 Å². The van der Waals surface area contributed by atoms with Crippen molar-refractivity contribution in [2.45, 2.75) is 32.2 Å². The molecule has 18 heavy (non-hydrogen) atoms. The number of carbonyl (C=O) groups is 2. The molecule has 1 rings (SSSR count). The summed E-state index contributed by atoms with van der Waals surface area (Å²) in [4.78, 5) is 24.9. The number of hydrogen-bond acceptors (Lipinski definition) is 4. The summed E-state index contributed by atoms with van der Waals surface area (Å²) in [5.74, 6) is -0.298. The number of imide groups is 1. The molecule has 0 aromatic heterocycles. The molecule has 0 aromatic carbocycles. The average Bonchev–Trinajstić information content (AvgIpc) is 2.39. The molecule has 1 unspecified atom stereocenters. The van der Waals surface area contributed by atoms with Gasteiger partial charge in [-0.1, -0.05) is 6.42 Å². The van der Waals surface area contributed by atoms with Crippen LogP contribution in [0, 0.1) is 0 Å². The fraction of sp³-hybridized carbons (Fsp3) is 0.833. The molecular formula is C12H24N4O2. The van der Waals surface area contributed by atoms with Crippen LogP contribution in [0.5, 0.6) is 0 Å². The summed E-state index contributed by atoms with van der Waals surface area (Å²) in [7, 11) is 1.48. The third-order valence-corrected chi connectivity index (χ3v) is 3.18. The molecule has 0 saturated carbocycles. The third-order valence-electron chi connectivity index (χ3n) is 3.18. The van der Waals surface area contributed by atoms with Crippen molar-refractivity contribution in [3.8, 4) is 0 Å². The van der Waals surface area contributed by atoms with Gasteiger partial charge in [-0.05, 0) is 32.9 Å². The Bertz CT molecular complexity index is 277. The van der Waals surface area contributed by atoms with Gasteiger partial charge in [-0.25, -0.2) is 4.79 Å². The van der Waals surface area contributed by atoms with Crippen molar-refractivity contribution in [2.75, 3.05) is 33.2 Å². The molecule has 3 N–H and O–H groups in total. The molecular weight excluding hydrogens is 232 g/mol. The molecule has 0 radical (unpaired) electrons. The average molecular weight is 256 g/mol. The zero-order valence-corrected chi connectivity index (χ0v) is 11.3. The molecule has 0 aliphatic carbocycles. The summed E-state index contributed by atoms with van der Waals surface area (Å²) < 4.78 is 0. The first-order valence-electron chi connectivity index (χ1n) is 6.62. The number of rotatable bonds is 5. The molecule has 1 fully saturated rings. The topological polar surface area (TPSA) is 73.5 Å². The van der Waals surface area contributed by atoms with Crippen LogP contribution in [0.1, 0.15) is 26.2 Å². The lowest BCUT2D eigenvalue weighted by atomic mass is 10.1. The van der Waals surface area contributed by atoms with Gasteiger partial charge in [0.05, 0.1) is 6.04 Å². The van der Waals surface area contributed by atoms with Crippen LogP contribution >= 0.6 is 0 Å². The van der Waals surface area contributed by atoms with E-state index in [4.69, 9.17) is 0 Å². The number of likely N-dealkylation sites (tertiary alicyclic amines) is 1. The van der Waals surface area contributed by atoms with Crippen LogP contribution in [-0.4, -0.2) is 56.1 Å². The van der Waals surface area contributed by atoms with Crippen LogP contribution in [0.4, 0.5) is 4.79 Å². The number of carbonyl (C=O) groups excluding carboxylic acids is 2. The first-order chi connectivity index (χ1) is 8.63. The quantitative estimate of drug-likeness (QED) is 0.642. The lowest BCUT2D eigenvalue weighted by Gasteiger charge is -2.26. The normalized spacial score (nSPS) is 18.1. The van der Waals surface area contributed by atoms with E-state index in [9.17, 15) is 9.59 Å². The van der Waals surface area contributed by atoms with E-state index in [-0.39, 0.29) is 11.9 Å². The Morgan fingerprint density at radius 2 is 1.89 bits per heavy atom. The van der Waals surface area contributed by atoms with Gasteiger partial charge in [-0.2, -0.15) is 0 Å². The fourth-order valence-electron chi connectivity index (χ4n) is 2.00. The summed E-state index contributed by atoms with van der Waals surface area (Å²) in [6.45, 7) is 5.79. The largest absolute Gasteiger partial charge is 0.341 e. The number of hydrogen-bond donors (Lipinski definition) is 3. The Labute approximate surface area is 108 Å². The van der Waals surface area contributed by atoms with Gasteiger partial charge in [0, 0.05) is 20.1 Å². The van der Waals surface area contributed by atoms with Crippen molar-refractivity contribution in [2.24, 2.45) is 0 Å². The molecule has 0 bridgehead atoms. The van der Waals surface area contributed by atoms with Gasteiger partial charge in [0.15, 0.2) is 0 Å². The first-order valence-corrected chi connectivity index (χ1v) is 6.62. The zero-order chi connectivity index (χ0) is 13.4. The van der Waals surface area contributed by atoms with Gasteiger partial charge in [0.1, 0.15) is 0 Å². The Morgan fingerprint density at radius 3 is 2.50 bits per heavy atom. The highest BCUT2D eigenvalue weighted by atomic mass is 16.2. The fourth-order valence-corrected chi connectivity index (χ4v) is 2.00. The van der Waals surface area contributed by atoms with Crippen molar-refractivity contribution < 1.29 is 9.59 Å². The summed E-state index contributed by atoms with van der Waals surface area (Å²) in [6.07, 6.45) is 3.87. The predicted octanol–water partition coefficient (Wildman–Crippen LogP) is -0.0940. The van der Waals surface area contributed by atoms with Gasteiger partial charge in [-0.3, -0.25) is 10.1 Å². The summed E-state index contributed by atoms with van der Waals surface area (Å²) in [5, 5.41) is 7.73. The Balaban J connectivity index is 2.13. The standard InChI is InChI=1S/C12H24N4O2/c1-10(11(17)15-12(18)13-2)14-6-9-16-7-4-3-5-8-16/h10,14H,3-9H2,1-2H3,(H2,13,15,17,18). The van der Waals surface area contributed by atoms with Crippen molar-refractivity contribution in [1.82, 2.24) is 20.9 Å². The van der Waals surface area contributed by atoms with Gasteiger partial charge < -0.3 is 15.5 Å². The number of amides is 3. The first kappa shape index (κ1) is 14.9. The molecule has 6 heteroatoms. The van der Waals surface area contributed by atoms with E-state index in [0.29, 0.717) is 0 Å². The highest BCUT2D eigenvalue weighted by molar-refractivity contribution is 5.96. The number of piperidine rings is 1. The monoisotopic (exact) mass is 256 g/mol. The number of nitrogens with one attached hydrogen (secondary N) is 3. The van der Waals surface area contributed by atoms with E-state index in [1.807, 2.05) is 0 Å². The highest BCUT2D eigenvalue weighted by Gasteiger charge is 2.15. The van der Waals surface area contributed by atoms with Crippen LogP contribution in [-0.2, 0) is 4.79 Å². The maximum absolute atomic E-state index is 11.5. The van der Waals surface area contributed by atoms with Crippen molar-refractivity contribution in [1.29, 1.82) is 0 Å². The number of urea groups is 1. The molecule has 104 valence electrons. The molecule has 1 saturated heterocycles. The molecule has 0 aromatic rings. The Hall–Kier alpha value is -1.14. The Morgan fingerprint density at radius 1 is 1.22 bits per heavy atom. The van der Waals surface area contributed by atoms with E-state index in [0.717, 1.165) is 26.2 Å². The van der Waals surface area contributed by atoms with Crippen LogP contribution in [0.3, 0.4) is 0 Å². The van der Waals surface area contributed by atoms with Crippen molar-refractivity contribution in [3.63, 3.8) is 0 Å². The maximum atomic E-state index is 11.5. The van der Waals surface area contributed by atoms with E-state index in [1.54, 1.807) is 6.92 Å². The molecule has 0 spiro atoms. The highest BCUT2D eigenvalue weighted by Crippen LogP contribution is 2.07. The molecule has 6 nitrogen and oxygen atoms in total. The lowest BCUT2D eigenvalue weighted by molar-refractivity contribution is -0.121. The van der Waals surface area contributed by atoms with E-state index >= 15 is 0 Å². The van der Waals surface area contributed by atoms with Gasteiger partial charge in [-0.15, -0.1) is 0 Å². The van der Waals surface area contributed by atoms with E-state index in [1.165, 1.54) is 26.3 Å². The third kappa shape index (κ3) is 5.46. The summed E-state index contributed by atoms with van der Waals surface area (Å²) in [5.41, 5.74) is 0. The SMILES string of the molecule is CNC(=O)NC(=O)C(C)NCCN1CCCCC1. The number of nitrogens with zero attached hydrogens (tertiary/aromatic N) is 1. The predicted molar refractivity (Wildman–Crippen MR) is 70.4 cm³/mol. The zero-order valence-electron chi connectivity index (χ0n) is 11.3. The minimum absolute atomic E-state index is 0.298. The second-order valence-corrected chi connectivity index (χ2v) is 4.65. The van der Waals surface area contributed by atoms with Crippen molar-refractivity contribution >= 4 is 11.9 Å². The van der Waals surface area contributed by atoms with Crippen LogP contribution in [0.25, 0.3) is 0 Å². The molecule has 1 atom stereocenters. The van der Waals surface area contributed by atoms with Crippen LogP contribution in [0.2, 0.25) is 0 Å². The molecule has 3 amide bonds. The summed E-state index contributed by atoms with van der Waals surface area (Å²) >= 11 is 0. The van der Waals surface area contributed by atoms with Gasteiger partial charge >= 0.3 is 6.03 Å². The van der Waals surface area contributed by atoms with Gasteiger partial charge in [0.25, 0.3) is 0 Å². The molecule has 1 aliphatic rings. The second-order valence-electron chi connectivity index (χ2n) is 4.65. The van der Waals surface area contributed by atoms with E-state index in [2.05, 4.69) is 20.9 Å². The minimum atomic E-state index is -0.468. The molecule has 1 heterocycles. The molecule has 1 aliphatic heterocycles. The van der Waals surface area contributed by atoms with E-state index < -0.39 is 6.03 Å². The Kier molecular flexibility index (Phi) is 6.67. The maximum Gasteiger partial charge on any atom is 0.321 e. The second kappa shape index (κ2) is 8.05. The summed E-state index contributed by atoms with van der Waals surface area (Å²) in [6, 6.07) is -0.822. The smallest absolute Gasteiger partial charge is 0.321 e. The van der Waals surface area contributed by atoms with Crippen LogP contribution < -0.4 is 16.0 Å².